The Morgan fingerprint density at radius 2 is 1.25 bits per heavy atom. The van der Waals surface area contributed by atoms with Crippen LogP contribution in [0.4, 0.5) is 0 Å². The molecule has 88 valence electrons. The number of ketones is 2. The Labute approximate surface area is 91.9 Å². The van der Waals surface area contributed by atoms with Gasteiger partial charge in [-0.1, -0.05) is 0 Å². The van der Waals surface area contributed by atoms with Crippen molar-refractivity contribution >= 4 is 23.5 Å². The fourth-order valence-electron chi connectivity index (χ4n) is 1.63. The van der Waals surface area contributed by atoms with Crippen LogP contribution in [0.1, 0.15) is 12.8 Å². The molecule has 16 heavy (non-hydrogen) atoms. The number of ether oxygens (including phenoxy) is 2. The molecule has 0 radical (unpaired) electrons. The maximum atomic E-state index is 11.5. The summed E-state index contributed by atoms with van der Waals surface area (Å²) in [4.78, 5) is 45.3. The zero-order valence-corrected chi connectivity index (χ0v) is 9.02. The maximum Gasteiger partial charge on any atom is 0.316 e. The van der Waals surface area contributed by atoms with E-state index in [1.54, 1.807) is 0 Å². The Hall–Kier alpha value is -1.72. The molecule has 6 heteroatoms. The number of hydrogen-bond donors (Lipinski definition) is 0. The van der Waals surface area contributed by atoms with Crippen LogP contribution in [0.3, 0.4) is 0 Å². The molecule has 0 spiro atoms. The lowest BCUT2D eigenvalue weighted by atomic mass is 9.80. The average molecular weight is 228 g/mol. The molecule has 1 fully saturated rings. The van der Waals surface area contributed by atoms with Crippen molar-refractivity contribution in [1.82, 2.24) is 0 Å². The van der Waals surface area contributed by atoms with Gasteiger partial charge in [0.2, 0.25) is 0 Å². The number of carbonyl (C=O) groups is 4. The third kappa shape index (κ3) is 2.26. The molecule has 0 bridgehead atoms. The zero-order chi connectivity index (χ0) is 12.3. The highest BCUT2D eigenvalue weighted by Crippen LogP contribution is 2.24. The van der Waals surface area contributed by atoms with E-state index in [1.807, 2.05) is 0 Å². The van der Waals surface area contributed by atoms with Gasteiger partial charge in [0.05, 0.1) is 14.2 Å². The third-order valence-corrected chi connectivity index (χ3v) is 2.56. The highest BCUT2D eigenvalue weighted by Gasteiger charge is 2.42. The van der Waals surface area contributed by atoms with E-state index in [4.69, 9.17) is 0 Å². The molecular weight excluding hydrogens is 216 g/mol. The summed E-state index contributed by atoms with van der Waals surface area (Å²) in [5.41, 5.74) is 0. The van der Waals surface area contributed by atoms with E-state index in [0.717, 1.165) is 14.2 Å². The van der Waals surface area contributed by atoms with Crippen LogP contribution < -0.4 is 0 Å². The van der Waals surface area contributed by atoms with Crippen LogP contribution in [0.2, 0.25) is 0 Å². The summed E-state index contributed by atoms with van der Waals surface area (Å²) in [6.07, 6.45) is -0.573. The van der Waals surface area contributed by atoms with Gasteiger partial charge in [0.25, 0.3) is 0 Å². The quantitative estimate of drug-likeness (QED) is 0.467. The van der Waals surface area contributed by atoms with Crippen molar-refractivity contribution in [2.24, 2.45) is 11.8 Å². The first kappa shape index (κ1) is 12.4. The van der Waals surface area contributed by atoms with Crippen LogP contribution in [0.15, 0.2) is 0 Å². The number of carbonyl (C=O) groups excluding carboxylic acids is 4. The van der Waals surface area contributed by atoms with Crippen LogP contribution in [0.5, 0.6) is 0 Å². The highest BCUT2D eigenvalue weighted by atomic mass is 16.5. The summed E-state index contributed by atoms with van der Waals surface area (Å²) >= 11 is 0. The molecule has 6 nitrogen and oxygen atoms in total. The summed E-state index contributed by atoms with van der Waals surface area (Å²) in [7, 11) is 2.29. The zero-order valence-electron chi connectivity index (χ0n) is 9.02. The van der Waals surface area contributed by atoms with Gasteiger partial charge in [0.1, 0.15) is 23.4 Å². The minimum Gasteiger partial charge on any atom is -0.468 e. The molecule has 0 aromatic carbocycles. The molecule has 0 aromatic heterocycles. The van der Waals surface area contributed by atoms with Crippen LogP contribution in [0, 0.1) is 11.8 Å². The number of esters is 2. The van der Waals surface area contributed by atoms with Crippen molar-refractivity contribution < 1.29 is 28.7 Å². The van der Waals surface area contributed by atoms with Gasteiger partial charge in [-0.2, -0.15) is 0 Å². The predicted octanol–water partition coefficient (Wildman–Crippen LogP) is -0.503. The summed E-state index contributed by atoms with van der Waals surface area (Å²) in [5.74, 6) is -4.52. The van der Waals surface area contributed by atoms with Crippen LogP contribution >= 0.6 is 0 Å². The first-order valence-electron chi connectivity index (χ1n) is 4.72. The molecule has 0 amide bonds. The van der Waals surface area contributed by atoms with Gasteiger partial charge in [-0.15, -0.1) is 0 Å². The summed E-state index contributed by atoms with van der Waals surface area (Å²) < 4.78 is 8.80. The second-order valence-electron chi connectivity index (χ2n) is 3.49. The van der Waals surface area contributed by atoms with Crippen molar-refractivity contribution in [3.8, 4) is 0 Å². The molecule has 0 N–H and O–H groups in total. The van der Waals surface area contributed by atoms with E-state index >= 15 is 0 Å². The molecule has 2 atom stereocenters. The number of hydrogen-bond acceptors (Lipinski definition) is 6. The Bertz CT molecular complexity index is 311. The van der Waals surface area contributed by atoms with Gasteiger partial charge in [0.15, 0.2) is 0 Å². The average Bonchev–Trinajstić information content (AvgIpc) is 2.29. The molecule has 1 saturated carbocycles. The summed E-state index contributed by atoms with van der Waals surface area (Å²) in [5, 5.41) is 0. The van der Waals surface area contributed by atoms with E-state index in [2.05, 4.69) is 9.47 Å². The molecule has 1 aliphatic rings. The molecule has 0 aromatic rings. The van der Waals surface area contributed by atoms with Crippen LogP contribution in [0.25, 0.3) is 0 Å². The standard InChI is InChI=1S/C10H12O6/c1-15-9(13)5-3-8(12)6(4-7(5)11)10(14)16-2/h5-6H,3-4H2,1-2H3/t5-,6+. The lowest BCUT2D eigenvalue weighted by Crippen LogP contribution is -2.40. The highest BCUT2D eigenvalue weighted by molar-refractivity contribution is 6.12. The minimum absolute atomic E-state index is 0.286. The molecule has 0 unspecified atom stereocenters. The van der Waals surface area contributed by atoms with Crippen molar-refractivity contribution in [2.45, 2.75) is 12.8 Å². The van der Waals surface area contributed by atoms with Crippen LogP contribution in [-0.4, -0.2) is 37.7 Å². The van der Waals surface area contributed by atoms with Crippen molar-refractivity contribution in [1.29, 1.82) is 0 Å². The number of Topliss-reactive ketones (excluding diaryl/α,β-unsaturated/α-hetero) is 2. The maximum absolute atomic E-state index is 11.5. The van der Waals surface area contributed by atoms with E-state index in [0.29, 0.717) is 0 Å². The van der Waals surface area contributed by atoms with Gasteiger partial charge >= 0.3 is 11.9 Å². The fourth-order valence-corrected chi connectivity index (χ4v) is 1.63. The van der Waals surface area contributed by atoms with Gasteiger partial charge in [-0.3, -0.25) is 19.2 Å². The van der Waals surface area contributed by atoms with Gasteiger partial charge in [0, 0.05) is 12.8 Å². The second-order valence-corrected chi connectivity index (χ2v) is 3.49. The normalized spacial score (nSPS) is 25.1. The van der Waals surface area contributed by atoms with Crippen molar-refractivity contribution in [3.05, 3.63) is 0 Å². The van der Waals surface area contributed by atoms with Gasteiger partial charge < -0.3 is 9.47 Å². The number of methoxy groups -OCH3 is 2. The first-order valence-corrected chi connectivity index (χ1v) is 4.72. The van der Waals surface area contributed by atoms with E-state index in [-0.39, 0.29) is 12.8 Å². The molecule has 0 aliphatic heterocycles. The van der Waals surface area contributed by atoms with Crippen LogP contribution in [-0.2, 0) is 28.7 Å². The fraction of sp³-hybridized carbons (Fsp3) is 0.600. The van der Waals surface area contributed by atoms with Crippen molar-refractivity contribution in [3.63, 3.8) is 0 Å². The SMILES string of the molecule is COC(=O)[C@@H]1CC(=O)[C@@H](C(=O)OC)CC1=O. The summed E-state index contributed by atoms with van der Waals surface area (Å²) in [6.45, 7) is 0. The Kier molecular flexibility index (Phi) is 3.76. The Morgan fingerprint density at radius 3 is 1.50 bits per heavy atom. The number of rotatable bonds is 2. The van der Waals surface area contributed by atoms with E-state index in [9.17, 15) is 19.2 Å². The molecule has 1 aliphatic carbocycles. The van der Waals surface area contributed by atoms with Gasteiger partial charge in [-0.25, -0.2) is 0 Å². The lowest BCUT2D eigenvalue weighted by Gasteiger charge is -2.22. The van der Waals surface area contributed by atoms with E-state index in [1.165, 1.54) is 0 Å². The smallest absolute Gasteiger partial charge is 0.316 e. The predicted molar refractivity (Wildman–Crippen MR) is 50.3 cm³/mol. The summed E-state index contributed by atoms with van der Waals surface area (Å²) in [6, 6.07) is 0. The molecular formula is C10H12O6. The topological polar surface area (TPSA) is 86.7 Å². The third-order valence-electron chi connectivity index (χ3n) is 2.56. The first-order chi connectivity index (χ1) is 7.51. The second kappa shape index (κ2) is 4.87. The van der Waals surface area contributed by atoms with E-state index < -0.39 is 35.3 Å². The van der Waals surface area contributed by atoms with Gasteiger partial charge in [-0.05, 0) is 0 Å². The Morgan fingerprint density at radius 1 is 0.938 bits per heavy atom. The monoisotopic (exact) mass is 228 g/mol. The minimum atomic E-state index is -1.07. The molecule has 0 saturated heterocycles. The Balaban J connectivity index is 2.78. The largest absolute Gasteiger partial charge is 0.468 e. The van der Waals surface area contributed by atoms with Crippen molar-refractivity contribution in [2.75, 3.05) is 14.2 Å². The molecule has 1 rings (SSSR count). The lowest BCUT2D eigenvalue weighted by molar-refractivity contribution is -0.160. The molecule has 0 heterocycles.